The van der Waals surface area contributed by atoms with E-state index in [1.165, 1.54) is 22.3 Å². The first kappa shape index (κ1) is 34.2. The average Bonchev–Trinajstić information content (AvgIpc) is 3.39. The van der Waals surface area contributed by atoms with Gasteiger partial charge in [0.1, 0.15) is 16.4 Å². The van der Waals surface area contributed by atoms with Crippen molar-refractivity contribution in [2.24, 2.45) is 11.7 Å². The minimum absolute atomic E-state index is 0.101. The van der Waals surface area contributed by atoms with Crippen LogP contribution in [0.1, 0.15) is 72.0 Å². The van der Waals surface area contributed by atoms with Crippen LogP contribution in [0.4, 0.5) is 9.18 Å². The van der Waals surface area contributed by atoms with Gasteiger partial charge in [0, 0.05) is 45.9 Å². The molecule has 248 valence electrons. The van der Waals surface area contributed by atoms with Gasteiger partial charge >= 0.3 is 6.09 Å². The minimum atomic E-state index is -0.945. The molecule has 1 aromatic heterocycles. The molecule has 5 rings (SSSR count). The Morgan fingerprint density at radius 1 is 1.02 bits per heavy atom. The molecule has 0 radical (unpaired) electrons. The summed E-state index contributed by atoms with van der Waals surface area (Å²) >= 11 is 7.87. The number of ether oxygens (including phenoxy) is 1. The molecule has 47 heavy (non-hydrogen) atoms. The maximum Gasteiger partial charge on any atom is 0.407 e. The number of benzene rings is 3. The summed E-state index contributed by atoms with van der Waals surface area (Å²) in [6.45, 7) is 6.29. The maximum absolute atomic E-state index is 14.8. The second-order valence-electron chi connectivity index (χ2n) is 13.0. The number of nitrogens with two attached hydrogens (primary N) is 1. The lowest BCUT2D eigenvalue weighted by atomic mass is 9.84. The molecule has 3 amide bonds. The lowest BCUT2D eigenvalue weighted by Gasteiger charge is -2.40. The van der Waals surface area contributed by atoms with Crippen LogP contribution < -0.4 is 10.5 Å². The van der Waals surface area contributed by atoms with Gasteiger partial charge in [-0.3, -0.25) is 9.59 Å². The number of carboxylic acid groups (broad SMARTS) is 1. The number of amides is 3. The van der Waals surface area contributed by atoms with Crippen LogP contribution in [0.25, 0.3) is 21.2 Å². The third kappa shape index (κ3) is 7.39. The molecule has 1 fully saturated rings. The summed E-state index contributed by atoms with van der Waals surface area (Å²) < 4.78 is 21.1. The van der Waals surface area contributed by atoms with Crippen molar-refractivity contribution in [3.8, 4) is 16.9 Å². The molecule has 1 saturated carbocycles. The minimum Gasteiger partial charge on any atom is -0.496 e. The zero-order chi connectivity index (χ0) is 34.0. The first-order chi connectivity index (χ1) is 22.3. The van der Waals surface area contributed by atoms with E-state index in [2.05, 4.69) is 0 Å². The molecule has 3 N–H and O–H groups in total. The molecule has 4 aromatic rings. The number of carbonyl (C=O) groups excluding carboxylic acids is 2. The van der Waals surface area contributed by atoms with Gasteiger partial charge in [-0.15, -0.1) is 11.3 Å². The van der Waals surface area contributed by atoms with Gasteiger partial charge in [0.15, 0.2) is 0 Å². The van der Waals surface area contributed by atoms with Gasteiger partial charge in [-0.05, 0) is 99.9 Å². The van der Waals surface area contributed by atoms with Crippen molar-refractivity contribution < 1.29 is 28.6 Å². The number of rotatable bonds is 9. The predicted octanol–water partition coefficient (Wildman–Crippen LogP) is 8.45. The molecule has 8 nitrogen and oxygen atoms in total. The Hall–Kier alpha value is -4.15. The summed E-state index contributed by atoms with van der Waals surface area (Å²) in [5.74, 6) is -0.524. The van der Waals surface area contributed by atoms with E-state index in [1.54, 1.807) is 36.3 Å². The molecule has 3 aromatic carbocycles. The van der Waals surface area contributed by atoms with Crippen molar-refractivity contribution in [1.82, 2.24) is 9.80 Å². The second kappa shape index (κ2) is 13.9. The van der Waals surface area contributed by atoms with Crippen LogP contribution in [0, 0.1) is 11.7 Å². The van der Waals surface area contributed by atoms with Crippen LogP contribution in [0.3, 0.4) is 0 Å². The molecule has 0 saturated heterocycles. The molecule has 0 aliphatic heterocycles. The molecule has 1 aliphatic carbocycles. The summed E-state index contributed by atoms with van der Waals surface area (Å²) in [4.78, 5) is 41.6. The molecule has 1 aliphatic rings. The Bertz CT molecular complexity index is 1790. The molecule has 0 atom stereocenters. The first-order valence-electron chi connectivity index (χ1n) is 15.5. The van der Waals surface area contributed by atoms with E-state index in [-0.39, 0.29) is 39.7 Å². The van der Waals surface area contributed by atoms with E-state index in [0.29, 0.717) is 35.4 Å². The van der Waals surface area contributed by atoms with Gasteiger partial charge in [0.05, 0.1) is 12.1 Å². The van der Waals surface area contributed by atoms with E-state index in [0.717, 1.165) is 29.5 Å². The van der Waals surface area contributed by atoms with Crippen LogP contribution in [0.2, 0.25) is 5.02 Å². The predicted molar refractivity (Wildman–Crippen MR) is 184 cm³/mol. The van der Waals surface area contributed by atoms with Crippen molar-refractivity contribution in [1.29, 1.82) is 0 Å². The second-order valence-corrected chi connectivity index (χ2v) is 14.4. The highest BCUT2D eigenvalue weighted by molar-refractivity contribution is 7.21. The molecule has 0 unspecified atom stereocenters. The third-order valence-corrected chi connectivity index (χ3v) is 10.6. The van der Waals surface area contributed by atoms with Crippen LogP contribution >= 0.6 is 22.9 Å². The van der Waals surface area contributed by atoms with Gasteiger partial charge in [-0.25, -0.2) is 9.18 Å². The van der Waals surface area contributed by atoms with E-state index in [4.69, 9.17) is 22.1 Å². The standard InChI is InChI=1S/C36H39ClFN3O5S/c1-36(2,3)41(35(44)45)19-21-8-15-26(16-9-21)40(34(43)32-31(37)30-27(38)6-5-7-29(30)47-32)20-25-18-24(14-17-28(25)46-4)22-10-12-23(13-11-22)33(39)42/h5-7,10-14,17-18,21,26H,8-9,15-16,19-20H2,1-4H3,(H2,39,42)(H,44,45). The summed E-state index contributed by atoms with van der Waals surface area (Å²) in [6, 6.07) is 17.2. The summed E-state index contributed by atoms with van der Waals surface area (Å²) in [7, 11) is 1.58. The number of thiophene rings is 1. The summed E-state index contributed by atoms with van der Waals surface area (Å²) in [5, 5.41) is 10.2. The van der Waals surface area contributed by atoms with Gasteiger partial charge in [-0.1, -0.05) is 35.9 Å². The molecule has 11 heteroatoms. The molecule has 0 bridgehead atoms. The van der Waals surface area contributed by atoms with Gasteiger partial charge in [-0.2, -0.15) is 0 Å². The molecule has 0 spiro atoms. The SMILES string of the molecule is COc1ccc(-c2ccc(C(N)=O)cc2)cc1CN(C(=O)c1sc2cccc(F)c2c1Cl)C1CCC(CN(C(=O)O)C(C)(C)C)CC1. The highest BCUT2D eigenvalue weighted by atomic mass is 35.5. The molecular formula is C36H39ClFN3O5S. The number of hydrogen-bond donors (Lipinski definition) is 2. The van der Waals surface area contributed by atoms with E-state index in [1.807, 2.05) is 51.1 Å². The third-order valence-electron chi connectivity index (χ3n) is 8.92. The number of methoxy groups -OCH3 is 1. The van der Waals surface area contributed by atoms with Crippen molar-refractivity contribution in [2.75, 3.05) is 13.7 Å². The highest BCUT2D eigenvalue weighted by Crippen LogP contribution is 2.40. The van der Waals surface area contributed by atoms with Crippen molar-refractivity contribution in [3.05, 3.63) is 87.5 Å². The molecular weight excluding hydrogens is 641 g/mol. The largest absolute Gasteiger partial charge is 0.496 e. The monoisotopic (exact) mass is 679 g/mol. The Morgan fingerprint density at radius 3 is 2.26 bits per heavy atom. The topological polar surface area (TPSA) is 113 Å². The van der Waals surface area contributed by atoms with Gasteiger partial charge in [0.25, 0.3) is 5.91 Å². The number of carbonyl (C=O) groups is 3. The first-order valence-corrected chi connectivity index (χ1v) is 16.7. The van der Waals surface area contributed by atoms with E-state index < -0.39 is 23.4 Å². The average molecular weight is 680 g/mol. The Labute approximate surface area is 282 Å². The molecule has 1 heterocycles. The quantitative estimate of drug-likeness (QED) is 0.184. The van der Waals surface area contributed by atoms with Crippen molar-refractivity contribution in [3.63, 3.8) is 0 Å². The van der Waals surface area contributed by atoms with Crippen LogP contribution in [-0.2, 0) is 6.54 Å². The summed E-state index contributed by atoms with van der Waals surface area (Å²) in [5.41, 5.74) is 7.80. The Morgan fingerprint density at radius 2 is 1.68 bits per heavy atom. The number of primary amides is 1. The number of halogens is 2. The fourth-order valence-corrected chi connectivity index (χ4v) is 7.84. The normalized spacial score (nSPS) is 16.6. The van der Waals surface area contributed by atoms with Crippen molar-refractivity contribution in [2.45, 2.75) is 64.6 Å². The fraction of sp³-hybridized carbons (Fsp3) is 0.361. The van der Waals surface area contributed by atoms with Crippen LogP contribution in [0.15, 0.2) is 60.7 Å². The smallest absolute Gasteiger partial charge is 0.407 e. The van der Waals surface area contributed by atoms with E-state index >= 15 is 0 Å². The Kier molecular flexibility index (Phi) is 10.1. The fourth-order valence-electron chi connectivity index (χ4n) is 6.33. The van der Waals surface area contributed by atoms with Gasteiger partial charge in [0.2, 0.25) is 5.91 Å². The Balaban J connectivity index is 1.48. The summed E-state index contributed by atoms with van der Waals surface area (Å²) in [6.07, 6.45) is 1.88. The zero-order valence-electron chi connectivity index (χ0n) is 26.9. The van der Waals surface area contributed by atoms with Crippen LogP contribution in [-0.4, -0.2) is 58.0 Å². The van der Waals surface area contributed by atoms with Gasteiger partial charge < -0.3 is 25.4 Å². The zero-order valence-corrected chi connectivity index (χ0v) is 28.5. The lowest BCUT2D eigenvalue weighted by molar-refractivity contribution is 0.0535. The maximum atomic E-state index is 14.8. The highest BCUT2D eigenvalue weighted by Gasteiger charge is 2.35. The number of nitrogens with zero attached hydrogens (tertiary/aromatic N) is 2. The number of fused-ring (bicyclic) bond motifs is 1. The van der Waals surface area contributed by atoms with Crippen LogP contribution in [0.5, 0.6) is 5.75 Å². The number of hydrogen-bond acceptors (Lipinski definition) is 5. The van der Waals surface area contributed by atoms with Crippen molar-refractivity contribution >= 4 is 50.9 Å². The lowest BCUT2D eigenvalue weighted by Crippen LogP contribution is -2.48. The van der Waals surface area contributed by atoms with E-state index in [9.17, 15) is 23.9 Å².